The molecule has 1 saturated heterocycles. The van der Waals surface area contributed by atoms with Crippen LogP contribution in [0, 0.1) is 11.8 Å². The molecule has 0 aliphatic carbocycles. The van der Waals surface area contributed by atoms with Crippen LogP contribution in [0.1, 0.15) is 25.5 Å². The van der Waals surface area contributed by atoms with Gasteiger partial charge in [0.05, 0.1) is 12.0 Å². The van der Waals surface area contributed by atoms with Gasteiger partial charge in [-0.05, 0) is 11.5 Å². The van der Waals surface area contributed by atoms with Crippen LogP contribution < -0.4 is 5.32 Å². The molecule has 18 heavy (non-hydrogen) atoms. The van der Waals surface area contributed by atoms with Crippen molar-refractivity contribution in [3.05, 3.63) is 35.9 Å². The third-order valence-corrected chi connectivity index (χ3v) is 3.67. The third kappa shape index (κ3) is 2.56. The van der Waals surface area contributed by atoms with Crippen LogP contribution in [0.4, 0.5) is 0 Å². The maximum absolute atomic E-state index is 12.3. The van der Waals surface area contributed by atoms with Gasteiger partial charge in [-0.15, -0.1) is 0 Å². The highest BCUT2D eigenvalue weighted by molar-refractivity contribution is 5.80. The molecule has 1 aromatic rings. The molecule has 0 spiro atoms. The van der Waals surface area contributed by atoms with Crippen molar-refractivity contribution in [2.75, 3.05) is 20.1 Å². The molecule has 0 saturated carbocycles. The summed E-state index contributed by atoms with van der Waals surface area (Å²) in [5.74, 6) is 0.839. The maximum Gasteiger partial charge on any atom is 0.228 e. The number of hydrogen-bond acceptors (Lipinski definition) is 2. The minimum absolute atomic E-state index is 0.166. The van der Waals surface area contributed by atoms with E-state index in [1.807, 2.05) is 30.1 Å². The summed E-state index contributed by atoms with van der Waals surface area (Å²) in [6.07, 6.45) is 0. The lowest BCUT2D eigenvalue weighted by atomic mass is 9.92. The second-order valence-corrected chi connectivity index (χ2v) is 5.40. The van der Waals surface area contributed by atoms with Crippen LogP contribution >= 0.6 is 0 Å². The van der Waals surface area contributed by atoms with Crippen molar-refractivity contribution in [1.29, 1.82) is 0 Å². The second-order valence-electron chi connectivity index (χ2n) is 5.40. The number of hydrogen-bond donors (Lipinski definition) is 1. The maximum atomic E-state index is 12.3. The van der Waals surface area contributed by atoms with Gasteiger partial charge in [0.1, 0.15) is 0 Å². The van der Waals surface area contributed by atoms with Gasteiger partial charge in [-0.25, -0.2) is 0 Å². The molecule has 0 bridgehead atoms. The molecular formula is C15H22N2O. The molecule has 1 unspecified atom stereocenters. The highest BCUT2D eigenvalue weighted by atomic mass is 16.2. The van der Waals surface area contributed by atoms with Gasteiger partial charge in [0.25, 0.3) is 0 Å². The Morgan fingerprint density at radius 3 is 2.33 bits per heavy atom. The van der Waals surface area contributed by atoms with E-state index in [9.17, 15) is 4.79 Å². The number of nitrogens with one attached hydrogen (secondary N) is 1. The van der Waals surface area contributed by atoms with E-state index in [4.69, 9.17) is 0 Å². The molecule has 0 radical (unpaired) electrons. The number of carbonyl (C=O) groups excluding carboxylic acids is 1. The monoisotopic (exact) mass is 246 g/mol. The predicted octanol–water partition coefficient (Wildman–Crippen LogP) is 2.06. The van der Waals surface area contributed by atoms with Gasteiger partial charge in [-0.1, -0.05) is 44.2 Å². The average molecular weight is 246 g/mol. The molecule has 1 aliphatic rings. The van der Waals surface area contributed by atoms with Crippen LogP contribution in [-0.4, -0.2) is 30.9 Å². The van der Waals surface area contributed by atoms with Gasteiger partial charge in [0.15, 0.2) is 0 Å². The lowest BCUT2D eigenvalue weighted by Crippen LogP contribution is -2.52. The number of amides is 1. The summed E-state index contributed by atoms with van der Waals surface area (Å²) in [6.45, 7) is 5.98. The van der Waals surface area contributed by atoms with E-state index in [-0.39, 0.29) is 17.9 Å². The normalized spacial score (nSPS) is 17.3. The minimum Gasteiger partial charge on any atom is -0.338 e. The summed E-state index contributed by atoms with van der Waals surface area (Å²) >= 11 is 0. The van der Waals surface area contributed by atoms with Gasteiger partial charge in [0, 0.05) is 20.1 Å². The first-order chi connectivity index (χ1) is 8.61. The van der Waals surface area contributed by atoms with Crippen LogP contribution in [0.5, 0.6) is 0 Å². The number of benzene rings is 1. The van der Waals surface area contributed by atoms with Crippen LogP contribution in [0.15, 0.2) is 30.3 Å². The zero-order valence-electron chi connectivity index (χ0n) is 11.4. The summed E-state index contributed by atoms with van der Waals surface area (Å²) in [6, 6.07) is 10.5. The Labute approximate surface area is 109 Å². The second kappa shape index (κ2) is 5.53. The zero-order valence-corrected chi connectivity index (χ0v) is 11.4. The number of nitrogens with zero attached hydrogens (tertiary/aromatic N) is 1. The molecule has 1 atom stereocenters. The number of rotatable bonds is 4. The predicted molar refractivity (Wildman–Crippen MR) is 73.2 cm³/mol. The first-order valence-corrected chi connectivity index (χ1v) is 6.63. The summed E-state index contributed by atoms with van der Waals surface area (Å²) in [4.78, 5) is 14.3. The van der Waals surface area contributed by atoms with Gasteiger partial charge < -0.3 is 10.2 Å². The molecule has 3 heteroatoms. The van der Waals surface area contributed by atoms with E-state index in [1.54, 1.807) is 0 Å². The number of carbonyl (C=O) groups is 1. The topological polar surface area (TPSA) is 32.3 Å². The van der Waals surface area contributed by atoms with Gasteiger partial charge in [-0.3, -0.25) is 4.79 Å². The third-order valence-electron chi connectivity index (χ3n) is 3.67. The molecule has 1 heterocycles. The standard InChI is InChI=1S/C15H22N2O/c1-11(2)14(12-7-5-4-6-8-12)17(3)15(18)13-9-16-10-13/h4-8,11,13-14,16H,9-10H2,1-3H3. The first-order valence-electron chi connectivity index (χ1n) is 6.63. The summed E-state index contributed by atoms with van der Waals surface area (Å²) in [5.41, 5.74) is 1.22. The van der Waals surface area contributed by atoms with Crippen LogP contribution in [0.3, 0.4) is 0 Å². The molecule has 1 amide bonds. The van der Waals surface area contributed by atoms with Crippen molar-refractivity contribution in [3.63, 3.8) is 0 Å². The van der Waals surface area contributed by atoms with Gasteiger partial charge in [0.2, 0.25) is 5.91 Å². The van der Waals surface area contributed by atoms with Crippen molar-refractivity contribution in [2.45, 2.75) is 19.9 Å². The zero-order chi connectivity index (χ0) is 13.1. The molecule has 1 aromatic carbocycles. The molecule has 2 rings (SSSR count). The minimum atomic E-state index is 0.166. The van der Waals surface area contributed by atoms with Crippen LogP contribution in [-0.2, 0) is 4.79 Å². The van der Waals surface area contributed by atoms with Crippen molar-refractivity contribution in [3.8, 4) is 0 Å². The van der Waals surface area contributed by atoms with Gasteiger partial charge >= 0.3 is 0 Å². The molecule has 0 aromatic heterocycles. The average Bonchev–Trinajstić information content (AvgIpc) is 2.27. The summed E-state index contributed by atoms with van der Waals surface area (Å²) in [5, 5.41) is 3.16. The van der Waals surface area contributed by atoms with Crippen molar-refractivity contribution < 1.29 is 4.79 Å². The first kappa shape index (κ1) is 13.1. The molecule has 1 N–H and O–H groups in total. The SMILES string of the molecule is CC(C)C(c1ccccc1)N(C)C(=O)C1CNC1. The molecule has 98 valence electrons. The van der Waals surface area contributed by atoms with Crippen LogP contribution in [0.25, 0.3) is 0 Å². The largest absolute Gasteiger partial charge is 0.338 e. The van der Waals surface area contributed by atoms with E-state index in [2.05, 4.69) is 31.3 Å². The fraction of sp³-hybridized carbons (Fsp3) is 0.533. The Bertz CT molecular complexity index is 398. The van der Waals surface area contributed by atoms with E-state index in [1.165, 1.54) is 5.56 Å². The molecule has 1 fully saturated rings. The van der Waals surface area contributed by atoms with Crippen molar-refractivity contribution >= 4 is 5.91 Å². The summed E-state index contributed by atoms with van der Waals surface area (Å²) in [7, 11) is 1.93. The van der Waals surface area contributed by atoms with Crippen molar-refractivity contribution in [2.24, 2.45) is 11.8 Å². The van der Waals surface area contributed by atoms with E-state index in [0.29, 0.717) is 5.92 Å². The van der Waals surface area contributed by atoms with E-state index in [0.717, 1.165) is 13.1 Å². The van der Waals surface area contributed by atoms with Gasteiger partial charge in [-0.2, -0.15) is 0 Å². The molecule has 1 aliphatic heterocycles. The fourth-order valence-corrected chi connectivity index (χ4v) is 2.59. The highest BCUT2D eigenvalue weighted by Crippen LogP contribution is 2.28. The molecule has 3 nitrogen and oxygen atoms in total. The van der Waals surface area contributed by atoms with Crippen molar-refractivity contribution in [1.82, 2.24) is 10.2 Å². The van der Waals surface area contributed by atoms with E-state index >= 15 is 0 Å². The smallest absolute Gasteiger partial charge is 0.228 e. The van der Waals surface area contributed by atoms with Crippen LogP contribution in [0.2, 0.25) is 0 Å². The Morgan fingerprint density at radius 2 is 1.89 bits per heavy atom. The van der Waals surface area contributed by atoms with E-state index < -0.39 is 0 Å². The summed E-state index contributed by atoms with van der Waals surface area (Å²) < 4.78 is 0. The lowest BCUT2D eigenvalue weighted by Gasteiger charge is -2.37. The molecular weight excluding hydrogens is 224 g/mol. The fourth-order valence-electron chi connectivity index (χ4n) is 2.59. The Hall–Kier alpha value is -1.35. The Kier molecular flexibility index (Phi) is 4.02. The highest BCUT2D eigenvalue weighted by Gasteiger charge is 2.32. The lowest BCUT2D eigenvalue weighted by molar-refractivity contribution is -0.139. The quantitative estimate of drug-likeness (QED) is 0.882. The Balaban J connectivity index is 2.17. The Morgan fingerprint density at radius 1 is 1.28 bits per heavy atom.